The first kappa shape index (κ1) is 32.2. The molecule has 0 radical (unpaired) electrons. The van der Waals surface area contributed by atoms with Gasteiger partial charge < -0.3 is 40.3 Å². The van der Waals surface area contributed by atoms with Gasteiger partial charge in [-0.25, -0.2) is 0 Å². The van der Waals surface area contributed by atoms with Crippen LogP contribution < -0.4 is 5.32 Å². The maximum absolute atomic E-state index is 12.5. The number of aliphatic hydroxyl groups excluding tert-OH is 5. The number of aliphatic hydroxyl groups is 5. The Bertz CT molecular complexity index is 535. The quantitative estimate of drug-likeness (QED) is 0.138. The van der Waals surface area contributed by atoms with Gasteiger partial charge in [0.2, 0.25) is 5.91 Å². The Kier molecular flexibility index (Phi) is 17.8. The summed E-state index contributed by atoms with van der Waals surface area (Å²) in [6.07, 6.45) is 6.33. The molecule has 9 heteroatoms. The van der Waals surface area contributed by atoms with Crippen molar-refractivity contribution in [2.75, 3.05) is 13.2 Å². The molecule has 7 unspecified atom stereocenters. The molecule has 9 nitrogen and oxygen atoms in total. The third kappa shape index (κ3) is 12.8. The van der Waals surface area contributed by atoms with Crippen LogP contribution in [0.15, 0.2) is 0 Å². The average molecular weight is 506 g/mol. The van der Waals surface area contributed by atoms with Crippen LogP contribution in [0.5, 0.6) is 0 Å². The van der Waals surface area contributed by atoms with Crippen LogP contribution in [0.25, 0.3) is 0 Å². The Hall–Kier alpha value is -0.810. The lowest BCUT2D eigenvalue weighted by Crippen LogP contribution is -2.60. The molecule has 208 valence electrons. The van der Waals surface area contributed by atoms with Crippen molar-refractivity contribution in [3.63, 3.8) is 0 Å². The van der Waals surface area contributed by atoms with Gasteiger partial charge in [-0.1, -0.05) is 84.5 Å². The highest BCUT2D eigenvalue weighted by Gasteiger charge is 2.44. The van der Waals surface area contributed by atoms with Crippen molar-refractivity contribution in [2.45, 2.75) is 147 Å². The van der Waals surface area contributed by atoms with Gasteiger partial charge in [-0.3, -0.25) is 4.79 Å². The first-order valence-corrected chi connectivity index (χ1v) is 13.7. The second-order valence-electron chi connectivity index (χ2n) is 9.85. The molecule has 0 aromatic heterocycles. The van der Waals surface area contributed by atoms with Gasteiger partial charge in [0.25, 0.3) is 0 Å². The van der Waals surface area contributed by atoms with E-state index in [1.807, 2.05) is 0 Å². The summed E-state index contributed by atoms with van der Waals surface area (Å²) >= 11 is 0. The minimum absolute atomic E-state index is 0.139. The molecule has 0 aliphatic carbocycles. The van der Waals surface area contributed by atoms with E-state index in [0.717, 1.165) is 38.5 Å². The van der Waals surface area contributed by atoms with Crippen molar-refractivity contribution in [1.29, 1.82) is 0 Å². The largest absolute Gasteiger partial charge is 0.394 e. The number of rotatable bonds is 20. The second kappa shape index (κ2) is 19.3. The maximum atomic E-state index is 12.5. The van der Waals surface area contributed by atoms with Crippen LogP contribution in [0.1, 0.15) is 104 Å². The van der Waals surface area contributed by atoms with Gasteiger partial charge in [0.15, 0.2) is 6.29 Å². The highest BCUT2D eigenvalue weighted by atomic mass is 16.7. The molecular weight excluding hydrogens is 454 g/mol. The molecule has 7 atom stereocenters. The summed E-state index contributed by atoms with van der Waals surface area (Å²) in [6, 6.07) is -0.703. The Labute approximate surface area is 211 Å². The Morgan fingerprint density at radius 3 is 2.03 bits per heavy atom. The van der Waals surface area contributed by atoms with Gasteiger partial charge in [-0.2, -0.15) is 0 Å². The van der Waals surface area contributed by atoms with Crippen molar-refractivity contribution in [2.24, 2.45) is 0 Å². The van der Waals surface area contributed by atoms with Crippen LogP contribution in [0.3, 0.4) is 0 Å². The van der Waals surface area contributed by atoms with Crippen LogP contribution in [0, 0.1) is 0 Å². The fraction of sp³-hybridized carbons (Fsp3) is 0.962. The monoisotopic (exact) mass is 505 g/mol. The molecule has 0 saturated carbocycles. The Morgan fingerprint density at radius 1 is 0.857 bits per heavy atom. The standard InChI is InChI=1S/C26H51NO8/c1-3-5-7-8-9-10-11-12-14-16-22(30)27-19(20(29)15-13-6-4-2)18-34-26-25(33)24(32)23(31)21(17-28)35-26/h19-21,23-26,28-29,31-33H,3-18H2,1-2H3,(H,27,30). The lowest BCUT2D eigenvalue weighted by atomic mass is 9.99. The normalized spacial score (nSPS) is 26.4. The second-order valence-corrected chi connectivity index (χ2v) is 9.85. The van der Waals surface area contributed by atoms with E-state index in [1.54, 1.807) is 0 Å². The third-order valence-corrected chi connectivity index (χ3v) is 6.71. The zero-order chi connectivity index (χ0) is 26.1. The number of carbonyl (C=O) groups is 1. The van der Waals surface area contributed by atoms with E-state index in [0.29, 0.717) is 12.8 Å². The number of hydrogen-bond donors (Lipinski definition) is 6. The van der Waals surface area contributed by atoms with Crippen molar-refractivity contribution < 1.29 is 39.8 Å². The van der Waals surface area contributed by atoms with Crippen LogP contribution in [0.4, 0.5) is 0 Å². The minimum Gasteiger partial charge on any atom is -0.394 e. The van der Waals surface area contributed by atoms with E-state index >= 15 is 0 Å². The van der Waals surface area contributed by atoms with Crippen LogP contribution in [-0.4, -0.2) is 87.5 Å². The Morgan fingerprint density at radius 2 is 1.43 bits per heavy atom. The first-order chi connectivity index (χ1) is 16.8. The topological polar surface area (TPSA) is 149 Å². The predicted molar refractivity (Wildman–Crippen MR) is 134 cm³/mol. The molecular formula is C26H51NO8. The molecule has 1 saturated heterocycles. The summed E-state index contributed by atoms with van der Waals surface area (Å²) in [4.78, 5) is 12.5. The van der Waals surface area contributed by atoms with Gasteiger partial charge in [-0.15, -0.1) is 0 Å². The molecule has 6 N–H and O–H groups in total. The third-order valence-electron chi connectivity index (χ3n) is 6.71. The van der Waals surface area contributed by atoms with Gasteiger partial charge in [0.05, 0.1) is 25.4 Å². The van der Waals surface area contributed by atoms with Crippen molar-refractivity contribution in [3.8, 4) is 0 Å². The minimum atomic E-state index is -1.54. The van der Waals surface area contributed by atoms with Gasteiger partial charge >= 0.3 is 0 Å². The summed E-state index contributed by atoms with van der Waals surface area (Å²) in [5.74, 6) is -0.162. The highest BCUT2D eigenvalue weighted by Crippen LogP contribution is 2.22. The molecule has 0 aromatic carbocycles. The molecule has 1 amide bonds. The lowest BCUT2D eigenvalue weighted by molar-refractivity contribution is -0.302. The molecule has 0 aromatic rings. The smallest absolute Gasteiger partial charge is 0.220 e. The van der Waals surface area contributed by atoms with Crippen LogP contribution >= 0.6 is 0 Å². The summed E-state index contributed by atoms with van der Waals surface area (Å²) in [6.45, 7) is 3.59. The van der Waals surface area contributed by atoms with Gasteiger partial charge in [-0.05, 0) is 12.8 Å². The molecule has 35 heavy (non-hydrogen) atoms. The number of ether oxygens (including phenoxy) is 2. The number of unbranched alkanes of at least 4 members (excludes halogenated alkanes) is 10. The summed E-state index contributed by atoms with van der Waals surface area (Å²) in [5.41, 5.74) is 0. The predicted octanol–water partition coefficient (Wildman–Crippen LogP) is 2.15. The lowest BCUT2D eigenvalue weighted by Gasteiger charge is -2.40. The SMILES string of the molecule is CCCCCCCCCCCC(=O)NC(COC1OC(CO)C(O)C(O)C1O)C(O)CCCCC. The summed E-state index contributed by atoms with van der Waals surface area (Å²) in [5, 5.41) is 52.9. The van der Waals surface area contributed by atoms with E-state index in [1.165, 1.54) is 38.5 Å². The number of nitrogens with one attached hydrogen (secondary N) is 1. The van der Waals surface area contributed by atoms with Crippen LogP contribution in [-0.2, 0) is 14.3 Å². The molecule has 1 rings (SSSR count). The molecule has 1 fully saturated rings. The van der Waals surface area contributed by atoms with E-state index < -0.39 is 49.5 Å². The van der Waals surface area contributed by atoms with Gasteiger partial charge in [0.1, 0.15) is 24.4 Å². The van der Waals surface area contributed by atoms with Crippen molar-refractivity contribution in [3.05, 3.63) is 0 Å². The molecule has 0 bridgehead atoms. The van der Waals surface area contributed by atoms with Crippen molar-refractivity contribution in [1.82, 2.24) is 5.32 Å². The zero-order valence-corrected chi connectivity index (χ0v) is 21.8. The van der Waals surface area contributed by atoms with E-state index in [2.05, 4.69) is 19.2 Å². The molecule has 1 aliphatic heterocycles. The highest BCUT2D eigenvalue weighted by molar-refractivity contribution is 5.76. The fourth-order valence-corrected chi connectivity index (χ4v) is 4.33. The van der Waals surface area contributed by atoms with Crippen molar-refractivity contribution >= 4 is 5.91 Å². The maximum Gasteiger partial charge on any atom is 0.220 e. The molecule has 1 aliphatic rings. The Balaban J connectivity index is 2.49. The number of hydrogen-bond acceptors (Lipinski definition) is 8. The summed E-state index contributed by atoms with van der Waals surface area (Å²) in [7, 11) is 0. The molecule has 1 heterocycles. The average Bonchev–Trinajstić information content (AvgIpc) is 2.85. The van der Waals surface area contributed by atoms with E-state index in [-0.39, 0.29) is 12.5 Å². The first-order valence-electron chi connectivity index (χ1n) is 13.7. The number of amides is 1. The summed E-state index contributed by atoms with van der Waals surface area (Å²) < 4.78 is 11.0. The van der Waals surface area contributed by atoms with E-state index in [4.69, 9.17) is 9.47 Å². The number of carbonyl (C=O) groups excluding carboxylic acids is 1. The fourth-order valence-electron chi connectivity index (χ4n) is 4.33. The van der Waals surface area contributed by atoms with Crippen LogP contribution in [0.2, 0.25) is 0 Å². The van der Waals surface area contributed by atoms with E-state index in [9.17, 15) is 30.3 Å². The zero-order valence-electron chi connectivity index (χ0n) is 21.8. The van der Waals surface area contributed by atoms with Gasteiger partial charge in [0, 0.05) is 6.42 Å². The molecule has 0 spiro atoms.